The predicted molar refractivity (Wildman–Crippen MR) is 49.1 cm³/mol. The number of carbonyl (C=O) groups excluding carboxylic acids is 2. The molecule has 1 aliphatic rings. The van der Waals surface area contributed by atoms with E-state index in [-0.39, 0.29) is 11.8 Å². The molecule has 1 aliphatic carbocycles. The third-order valence-corrected chi connectivity index (χ3v) is 2.57. The van der Waals surface area contributed by atoms with Crippen molar-refractivity contribution in [2.75, 3.05) is 7.05 Å². The van der Waals surface area contributed by atoms with Crippen LogP contribution >= 0.6 is 0 Å². The maximum absolute atomic E-state index is 11.4. The zero-order valence-corrected chi connectivity index (χ0v) is 8.14. The summed E-state index contributed by atoms with van der Waals surface area (Å²) in [5.41, 5.74) is -0.595. The van der Waals surface area contributed by atoms with Gasteiger partial charge in [0.25, 0.3) is 0 Å². The summed E-state index contributed by atoms with van der Waals surface area (Å²) in [5, 5.41) is 5.36. The highest BCUT2D eigenvalue weighted by Crippen LogP contribution is 2.31. The minimum Gasteiger partial charge on any atom is -0.357 e. The molecule has 0 bridgehead atoms. The van der Waals surface area contributed by atoms with Gasteiger partial charge in [0, 0.05) is 13.5 Å². The van der Waals surface area contributed by atoms with Crippen molar-refractivity contribution in [3.05, 3.63) is 0 Å². The van der Waals surface area contributed by atoms with Crippen LogP contribution in [-0.2, 0) is 9.59 Å². The molecule has 0 saturated heterocycles. The Morgan fingerprint density at radius 2 is 2.00 bits per heavy atom. The summed E-state index contributed by atoms with van der Waals surface area (Å²) < 4.78 is 0. The zero-order valence-electron chi connectivity index (χ0n) is 8.14. The third-order valence-electron chi connectivity index (χ3n) is 2.57. The number of rotatable bonds is 3. The molecule has 4 nitrogen and oxygen atoms in total. The van der Waals surface area contributed by atoms with E-state index >= 15 is 0 Å². The molecular weight excluding hydrogens is 168 g/mol. The van der Waals surface area contributed by atoms with Crippen molar-refractivity contribution in [1.29, 1.82) is 0 Å². The molecule has 0 radical (unpaired) electrons. The molecule has 1 fully saturated rings. The minimum absolute atomic E-state index is 0.0525. The topological polar surface area (TPSA) is 58.2 Å². The summed E-state index contributed by atoms with van der Waals surface area (Å²) in [7, 11) is 1.60. The molecule has 0 aromatic heterocycles. The van der Waals surface area contributed by atoms with Gasteiger partial charge in [-0.25, -0.2) is 0 Å². The first-order chi connectivity index (χ1) is 6.14. The fraction of sp³-hybridized carbons (Fsp3) is 0.778. The Morgan fingerprint density at radius 1 is 1.38 bits per heavy atom. The molecule has 74 valence electrons. The van der Waals surface area contributed by atoms with Crippen molar-refractivity contribution in [3.63, 3.8) is 0 Å². The van der Waals surface area contributed by atoms with E-state index in [1.807, 2.05) is 0 Å². The standard InChI is InChI=1S/C9H16N2O2/c1-3-7(12)11-9(5-4-6-9)8(13)10-2/h3-6H2,1-2H3,(H,10,13)(H,11,12). The summed E-state index contributed by atoms with van der Waals surface area (Å²) in [6.07, 6.45) is 2.97. The summed E-state index contributed by atoms with van der Waals surface area (Å²) >= 11 is 0. The molecule has 0 unspecified atom stereocenters. The van der Waals surface area contributed by atoms with Crippen LogP contribution < -0.4 is 10.6 Å². The second-order valence-electron chi connectivity index (χ2n) is 3.42. The fourth-order valence-electron chi connectivity index (χ4n) is 1.53. The Balaban J connectivity index is 2.59. The molecule has 0 heterocycles. The summed E-state index contributed by atoms with van der Waals surface area (Å²) in [6, 6.07) is 0. The molecule has 2 N–H and O–H groups in total. The Hall–Kier alpha value is -1.06. The molecule has 13 heavy (non-hydrogen) atoms. The van der Waals surface area contributed by atoms with E-state index in [1.54, 1.807) is 14.0 Å². The lowest BCUT2D eigenvalue weighted by Crippen LogP contribution is -2.62. The highest BCUT2D eigenvalue weighted by Gasteiger charge is 2.44. The maximum Gasteiger partial charge on any atom is 0.245 e. The highest BCUT2D eigenvalue weighted by molar-refractivity contribution is 5.92. The normalized spacial score (nSPS) is 18.6. The first-order valence-corrected chi connectivity index (χ1v) is 4.68. The molecule has 0 aliphatic heterocycles. The largest absolute Gasteiger partial charge is 0.357 e. The maximum atomic E-state index is 11.4. The first kappa shape index (κ1) is 10.0. The van der Waals surface area contributed by atoms with Gasteiger partial charge < -0.3 is 10.6 Å². The number of carbonyl (C=O) groups is 2. The van der Waals surface area contributed by atoms with Crippen LogP contribution in [-0.4, -0.2) is 24.4 Å². The smallest absolute Gasteiger partial charge is 0.245 e. The van der Waals surface area contributed by atoms with Crippen LogP contribution in [0.2, 0.25) is 0 Å². The van der Waals surface area contributed by atoms with Crippen LogP contribution in [0.15, 0.2) is 0 Å². The average molecular weight is 184 g/mol. The molecule has 2 amide bonds. The van der Waals surface area contributed by atoms with E-state index in [4.69, 9.17) is 0 Å². The van der Waals surface area contributed by atoms with Crippen molar-refractivity contribution >= 4 is 11.8 Å². The van der Waals surface area contributed by atoms with E-state index in [0.717, 1.165) is 19.3 Å². The van der Waals surface area contributed by atoms with Crippen molar-refractivity contribution in [3.8, 4) is 0 Å². The van der Waals surface area contributed by atoms with Crippen LogP contribution in [0.4, 0.5) is 0 Å². The van der Waals surface area contributed by atoms with E-state index in [2.05, 4.69) is 10.6 Å². The number of hydrogen-bond acceptors (Lipinski definition) is 2. The Bertz CT molecular complexity index is 222. The first-order valence-electron chi connectivity index (χ1n) is 4.68. The quantitative estimate of drug-likeness (QED) is 0.657. The van der Waals surface area contributed by atoms with Gasteiger partial charge in [-0.3, -0.25) is 9.59 Å². The molecule has 0 aromatic carbocycles. The second-order valence-corrected chi connectivity index (χ2v) is 3.42. The molecule has 0 spiro atoms. The third kappa shape index (κ3) is 1.82. The lowest BCUT2D eigenvalue weighted by Gasteiger charge is -2.40. The molecule has 1 saturated carbocycles. The van der Waals surface area contributed by atoms with Gasteiger partial charge >= 0.3 is 0 Å². The zero-order chi connectivity index (χ0) is 9.90. The van der Waals surface area contributed by atoms with Gasteiger partial charge in [0.05, 0.1) is 0 Å². The summed E-state index contributed by atoms with van der Waals surface area (Å²) in [5.74, 6) is -0.121. The van der Waals surface area contributed by atoms with Crippen molar-refractivity contribution in [1.82, 2.24) is 10.6 Å². The fourth-order valence-corrected chi connectivity index (χ4v) is 1.53. The van der Waals surface area contributed by atoms with Gasteiger partial charge in [-0.1, -0.05) is 6.92 Å². The van der Waals surface area contributed by atoms with Crippen molar-refractivity contribution in [2.45, 2.75) is 38.1 Å². The molecule has 0 aromatic rings. The van der Waals surface area contributed by atoms with Crippen LogP contribution in [0.5, 0.6) is 0 Å². The van der Waals surface area contributed by atoms with E-state index in [1.165, 1.54) is 0 Å². The minimum atomic E-state index is -0.595. The summed E-state index contributed by atoms with van der Waals surface area (Å²) in [6.45, 7) is 1.78. The van der Waals surface area contributed by atoms with Crippen molar-refractivity contribution < 1.29 is 9.59 Å². The molecule has 0 atom stereocenters. The Labute approximate surface area is 78.1 Å². The van der Waals surface area contributed by atoms with Crippen LogP contribution in [0.3, 0.4) is 0 Å². The van der Waals surface area contributed by atoms with Crippen LogP contribution in [0.25, 0.3) is 0 Å². The van der Waals surface area contributed by atoms with E-state index < -0.39 is 5.54 Å². The van der Waals surface area contributed by atoms with Gasteiger partial charge in [-0.05, 0) is 19.3 Å². The van der Waals surface area contributed by atoms with Gasteiger partial charge in [0.1, 0.15) is 5.54 Å². The monoisotopic (exact) mass is 184 g/mol. The van der Waals surface area contributed by atoms with E-state index in [0.29, 0.717) is 6.42 Å². The number of nitrogens with one attached hydrogen (secondary N) is 2. The predicted octanol–water partition coefficient (Wildman–Crippen LogP) is 0.181. The summed E-state index contributed by atoms with van der Waals surface area (Å²) in [4.78, 5) is 22.6. The van der Waals surface area contributed by atoms with Crippen LogP contribution in [0, 0.1) is 0 Å². The average Bonchev–Trinajstić information content (AvgIpc) is 2.09. The second kappa shape index (κ2) is 3.77. The lowest BCUT2D eigenvalue weighted by molar-refractivity contribution is -0.136. The molecule has 4 heteroatoms. The van der Waals surface area contributed by atoms with E-state index in [9.17, 15) is 9.59 Å². The lowest BCUT2D eigenvalue weighted by atomic mass is 9.76. The molecule has 1 rings (SSSR count). The van der Waals surface area contributed by atoms with Gasteiger partial charge in [-0.2, -0.15) is 0 Å². The number of amides is 2. The Morgan fingerprint density at radius 3 is 2.31 bits per heavy atom. The SMILES string of the molecule is CCC(=O)NC1(C(=O)NC)CCC1. The highest BCUT2D eigenvalue weighted by atomic mass is 16.2. The van der Waals surface area contributed by atoms with Crippen LogP contribution in [0.1, 0.15) is 32.6 Å². The Kier molecular flexibility index (Phi) is 2.90. The molecular formula is C9H16N2O2. The van der Waals surface area contributed by atoms with Gasteiger partial charge in [-0.15, -0.1) is 0 Å². The number of hydrogen-bond donors (Lipinski definition) is 2. The number of likely N-dealkylation sites (N-methyl/N-ethyl adjacent to an activating group) is 1. The van der Waals surface area contributed by atoms with Gasteiger partial charge in [0.2, 0.25) is 11.8 Å². The van der Waals surface area contributed by atoms with Crippen molar-refractivity contribution in [2.24, 2.45) is 0 Å². The van der Waals surface area contributed by atoms with Gasteiger partial charge in [0.15, 0.2) is 0 Å².